The lowest BCUT2D eigenvalue weighted by molar-refractivity contribution is 0.0951. The number of sulfonamides is 1. The van der Waals surface area contributed by atoms with Crippen LogP contribution in [0.3, 0.4) is 0 Å². The fourth-order valence-corrected chi connectivity index (χ4v) is 4.11. The zero-order valence-electron chi connectivity index (χ0n) is 14.0. The Morgan fingerprint density at radius 2 is 1.96 bits per heavy atom. The van der Waals surface area contributed by atoms with E-state index in [0.717, 1.165) is 19.4 Å². The Bertz CT molecular complexity index is 882. The van der Waals surface area contributed by atoms with E-state index in [1.54, 1.807) is 24.3 Å². The first-order chi connectivity index (χ1) is 12.5. The van der Waals surface area contributed by atoms with Crippen molar-refractivity contribution in [2.75, 3.05) is 17.8 Å². The molecule has 3 N–H and O–H groups in total. The van der Waals surface area contributed by atoms with Gasteiger partial charge in [-0.05, 0) is 49.7 Å². The molecule has 0 bridgehead atoms. The van der Waals surface area contributed by atoms with E-state index in [1.807, 2.05) is 0 Å². The van der Waals surface area contributed by atoms with Gasteiger partial charge in [-0.1, -0.05) is 29.8 Å². The lowest BCUT2D eigenvalue weighted by Crippen LogP contribution is -2.37. The molecule has 1 fully saturated rings. The summed E-state index contributed by atoms with van der Waals surface area (Å²) in [6.45, 7) is 1.43. The number of hydrogen-bond donors (Lipinski definition) is 3. The molecule has 1 aliphatic rings. The Morgan fingerprint density at radius 1 is 1.19 bits per heavy atom. The average Bonchev–Trinajstić information content (AvgIpc) is 3.15. The summed E-state index contributed by atoms with van der Waals surface area (Å²) in [4.78, 5) is 12.7. The summed E-state index contributed by atoms with van der Waals surface area (Å²) in [7, 11) is -3.80. The second kappa shape index (κ2) is 8.07. The standard InChI is InChI=1S/C18H20ClN3O3S/c19-13-8-9-17(22-26(24,25)15-6-2-1-3-7-15)16(11-13)18(23)21-12-14-5-4-10-20-14/h1-3,6-9,11,14,20,22H,4-5,10,12H2,(H,21,23). The lowest BCUT2D eigenvalue weighted by Gasteiger charge is -2.15. The molecule has 0 aromatic heterocycles. The van der Waals surface area contributed by atoms with Gasteiger partial charge in [0, 0.05) is 17.6 Å². The highest BCUT2D eigenvalue weighted by molar-refractivity contribution is 7.92. The van der Waals surface area contributed by atoms with Gasteiger partial charge >= 0.3 is 0 Å². The molecule has 2 aromatic rings. The summed E-state index contributed by atoms with van der Waals surface area (Å²) >= 11 is 6.01. The summed E-state index contributed by atoms with van der Waals surface area (Å²) in [5, 5.41) is 6.49. The number of carbonyl (C=O) groups is 1. The van der Waals surface area contributed by atoms with Crippen molar-refractivity contribution in [3.8, 4) is 0 Å². The molecule has 0 spiro atoms. The maximum atomic E-state index is 12.6. The first-order valence-electron chi connectivity index (χ1n) is 8.35. The van der Waals surface area contributed by atoms with Crippen molar-refractivity contribution in [2.45, 2.75) is 23.8 Å². The molecule has 1 heterocycles. The Morgan fingerprint density at radius 3 is 2.65 bits per heavy atom. The fourth-order valence-electron chi connectivity index (χ4n) is 2.84. The van der Waals surface area contributed by atoms with Gasteiger partial charge in [0.15, 0.2) is 0 Å². The van der Waals surface area contributed by atoms with Crippen molar-refractivity contribution in [3.05, 3.63) is 59.1 Å². The van der Waals surface area contributed by atoms with Crippen LogP contribution in [0.15, 0.2) is 53.4 Å². The van der Waals surface area contributed by atoms with E-state index in [2.05, 4.69) is 15.4 Å². The number of nitrogens with one attached hydrogen (secondary N) is 3. The first-order valence-corrected chi connectivity index (χ1v) is 10.2. The molecule has 138 valence electrons. The van der Waals surface area contributed by atoms with Crippen molar-refractivity contribution in [3.63, 3.8) is 0 Å². The molecule has 1 amide bonds. The number of halogens is 1. The van der Waals surface area contributed by atoms with Crippen molar-refractivity contribution in [1.29, 1.82) is 0 Å². The van der Waals surface area contributed by atoms with Crippen molar-refractivity contribution >= 4 is 33.2 Å². The Labute approximate surface area is 158 Å². The van der Waals surface area contributed by atoms with E-state index in [4.69, 9.17) is 11.6 Å². The van der Waals surface area contributed by atoms with Crippen LogP contribution in [-0.2, 0) is 10.0 Å². The van der Waals surface area contributed by atoms with E-state index in [-0.39, 0.29) is 28.1 Å². The topological polar surface area (TPSA) is 87.3 Å². The van der Waals surface area contributed by atoms with Gasteiger partial charge in [0.1, 0.15) is 0 Å². The van der Waals surface area contributed by atoms with Gasteiger partial charge < -0.3 is 10.6 Å². The van der Waals surface area contributed by atoms with Gasteiger partial charge in [-0.2, -0.15) is 0 Å². The molecule has 6 nitrogen and oxygen atoms in total. The molecule has 26 heavy (non-hydrogen) atoms. The molecule has 2 aromatic carbocycles. The number of hydrogen-bond acceptors (Lipinski definition) is 4. The van der Waals surface area contributed by atoms with Crippen LogP contribution in [-0.4, -0.2) is 33.5 Å². The monoisotopic (exact) mass is 393 g/mol. The van der Waals surface area contributed by atoms with Gasteiger partial charge in [0.2, 0.25) is 0 Å². The average molecular weight is 394 g/mol. The highest BCUT2D eigenvalue weighted by atomic mass is 35.5. The SMILES string of the molecule is O=C(NCC1CCCN1)c1cc(Cl)ccc1NS(=O)(=O)c1ccccc1. The van der Waals surface area contributed by atoms with Crippen LogP contribution >= 0.6 is 11.6 Å². The molecule has 0 radical (unpaired) electrons. The number of rotatable bonds is 6. The molecule has 0 saturated carbocycles. The molecule has 1 aliphatic heterocycles. The highest BCUT2D eigenvalue weighted by Gasteiger charge is 2.20. The van der Waals surface area contributed by atoms with Crippen molar-refractivity contribution < 1.29 is 13.2 Å². The molecule has 1 saturated heterocycles. The predicted molar refractivity (Wildman–Crippen MR) is 102 cm³/mol. The van der Waals surface area contributed by atoms with E-state index in [9.17, 15) is 13.2 Å². The minimum Gasteiger partial charge on any atom is -0.350 e. The molecule has 1 unspecified atom stereocenters. The zero-order valence-corrected chi connectivity index (χ0v) is 15.6. The summed E-state index contributed by atoms with van der Waals surface area (Å²) in [5.41, 5.74) is 0.380. The van der Waals surface area contributed by atoms with Gasteiger partial charge in [-0.3, -0.25) is 9.52 Å². The molecule has 3 rings (SSSR count). The molecular weight excluding hydrogens is 374 g/mol. The third-order valence-corrected chi connectivity index (χ3v) is 5.81. The van der Waals surface area contributed by atoms with Crippen LogP contribution in [0.4, 0.5) is 5.69 Å². The van der Waals surface area contributed by atoms with E-state index < -0.39 is 10.0 Å². The van der Waals surface area contributed by atoms with Crippen LogP contribution in [0.2, 0.25) is 5.02 Å². The summed E-state index contributed by atoms with van der Waals surface area (Å²) in [6, 6.07) is 12.7. The van der Waals surface area contributed by atoms with Crippen molar-refractivity contribution in [1.82, 2.24) is 10.6 Å². The Balaban J connectivity index is 1.80. The molecular formula is C18H20ClN3O3S. The van der Waals surface area contributed by atoms with E-state index in [1.165, 1.54) is 24.3 Å². The predicted octanol–water partition coefficient (Wildman–Crippen LogP) is 2.62. The number of carbonyl (C=O) groups excluding carboxylic acids is 1. The minimum atomic E-state index is -3.80. The minimum absolute atomic E-state index is 0.122. The van der Waals surface area contributed by atoms with Gasteiger partial charge in [0.25, 0.3) is 15.9 Å². The van der Waals surface area contributed by atoms with Crippen LogP contribution in [0.5, 0.6) is 0 Å². The van der Waals surface area contributed by atoms with E-state index in [0.29, 0.717) is 11.6 Å². The maximum Gasteiger partial charge on any atom is 0.261 e. The quantitative estimate of drug-likeness (QED) is 0.704. The highest BCUT2D eigenvalue weighted by Crippen LogP contribution is 2.24. The first kappa shape index (κ1) is 18.7. The fraction of sp³-hybridized carbons (Fsp3) is 0.278. The van der Waals surface area contributed by atoms with Gasteiger partial charge in [-0.15, -0.1) is 0 Å². The third-order valence-electron chi connectivity index (χ3n) is 4.20. The molecule has 0 aliphatic carbocycles. The molecule has 1 atom stereocenters. The second-order valence-electron chi connectivity index (χ2n) is 6.11. The number of anilines is 1. The zero-order chi connectivity index (χ0) is 18.6. The third kappa shape index (κ3) is 4.55. The smallest absolute Gasteiger partial charge is 0.261 e. The largest absolute Gasteiger partial charge is 0.350 e. The van der Waals surface area contributed by atoms with Crippen LogP contribution in [0, 0.1) is 0 Å². The van der Waals surface area contributed by atoms with Gasteiger partial charge in [-0.25, -0.2) is 8.42 Å². The summed E-state index contributed by atoms with van der Waals surface area (Å²) < 4.78 is 27.6. The molecule has 8 heteroatoms. The second-order valence-corrected chi connectivity index (χ2v) is 8.23. The normalized spacial score (nSPS) is 17.0. The van der Waals surface area contributed by atoms with Crippen LogP contribution in [0.1, 0.15) is 23.2 Å². The van der Waals surface area contributed by atoms with Crippen LogP contribution in [0.25, 0.3) is 0 Å². The number of benzene rings is 2. The lowest BCUT2D eigenvalue weighted by atomic mass is 10.1. The van der Waals surface area contributed by atoms with Crippen LogP contribution < -0.4 is 15.4 Å². The van der Waals surface area contributed by atoms with Gasteiger partial charge in [0.05, 0.1) is 16.1 Å². The summed E-state index contributed by atoms with van der Waals surface area (Å²) in [5.74, 6) is -0.369. The Kier molecular flexibility index (Phi) is 5.80. The number of amides is 1. The Hall–Kier alpha value is -2.09. The van der Waals surface area contributed by atoms with Crippen molar-refractivity contribution in [2.24, 2.45) is 0 Å². The maximum absolute atomic E-state index is 12.6. The van der Waals surface area contributed by atoms with E-state index >= 15 is 0 Å². The summed E-state index contributed by atoms with van der Waals surface area (Å²) in [6.07, 6.45) is 2.09.